The number of benzene rings is 2. The highest BCUT2D eigenvalue weighted by molar-refractivity contribution is 5.98. The minimum Gasteiger partial charge on any atom is -0.356 e. The van der Waals surface area contributed by atoms with Crippen LogP contribution in [0.25, 0.3) is 16.7 Å². The van der Waals surface area contributed by atoms with Gasteiger partial charge in [-0.2, -0.15) is 0 Å². The van der Waals surface area contributed by atoms with Crippen LogP contribution in [0.4, 0.5) is 5.82 Å². The normalized spacial score (nSPS) is 13.8. The molecule has 1 N–H and O–H groups in total. The SMILES string of the molecule is Cc1c(C)n(-c2ccccc2)c2nc(C(=O)NCCCc3ccccc3)nc(N3CCCCC3)c12. The molecule has 1 aliphatic rings. The fourth-order valence-corrected chi connectivity index (χ4v) is 4.99. The van der Waals surface area contributed by atoms with Gasteiger partial charge in [-0.25, -0.2) is 9.97 Å². The number of aromatic nitrogens is 3. The summed E-state index contributed by atoms with van der Waals surface area (Å²) in [5.41, 5.74) is 5.41. The van der Waals surface area contributed by atoms with E-state index in [9.17, 15) is 4.79 Å². The van der Waals surface area contributed by atoms with Crippen molar-refractivity contribution in [2.24, 2.45) is 0 Å². The van der Waals surface area contributed by atoms with Crippen LogP contribution in [0.1, 0.15) is 53.1 Å². The van der Waals surface area contributed by atoms with Crippen molar-refractivity contribution in [3.05, 3.63) is 83.3 Å². The van der Waals surface area contributed by atoms with Gasteiger partial charge in [0.2, 0.25) is 5.82 Å². The Balaban J connectivity index is 1.49. The molecular weight excluding hydrogens is 434 g/mol. The molecule has 1 aliphatic heterocycles. The van der Waals surface area contributed by atoms with Crippen LogP contribution in [0.5, 0.6) is 0 Å². The van der Waals surface area contributed by atoms with Gasteiger partial charge in [0, 0.05) is 31.0 Å². The molecule has 1 fully saturated rings. The summed E-state index contributed by atoms with van der Waals surface area (Å²) in [6.07, 6.45) is 5.32. The van der Waals surface area contributed by atoms with Gasteiger partial charge in [-0.05, 0) is 69.2 Å². The Hall–Kier alpha value is -3.67. The van der Waals surface area contributed by atoms with Crippen LogP contribution >= 0.6 is 0 Å². The molecule has 6 nitrogen and oxygen atoms in total. The van der Waals surface area contributed by atoms with E-state index < -0.39 is 0 Å². The van der Waals surface area contributed by atoms with Crippen molar-refractivity contribution in [3.8, 4) is 5.69 Å². The molecule has 0 spiro atoms. The van der Waals surface area contributed by atoms with Crippen molar-refractivity contribution in [1.29, 1.82) is 0 Å². The molecule has 0 saturated carbocycles. The number of amides is 1. The second-order valence-electron chi connectivity index (χ2n) is 9.34. The first kappa shape index (κ1) is 23.1. The van der Waals surface area contributed by atoms with Crippen molar-refractivity contribution >= 4 is 22.8 Å². The van der Waals surface area contributed by atoms with Crippen molar-refractivity contribution in [1.82, 2.24) is 19.9 Å². The van der Waals surface area contributed by atoms with Crippen LogP contribution in [0, 0.1) is 13.8 Å². The molecule has 6 heteroatoms. The number of carbonyl (C=O) groups is 1. The van der Waals surface area contributed by atoms with Gasteiger partial charge in [-0.15, -0.1) is 0 Å². The Bertz CT molecular complexity index is 1310. The van der Waals surface area contributed by atoms with E-state index >= 15 is 0 Å². The molecule has 2 aromatic heterocycles. The zero-order valence-corrected chi connectivity index (χ0v) is 20.6. The minimum absolute atomic E-state index is 0.214. The van der Waals surface area contributed by atoms with Crippen LogP contribution in [0.2, 0.25) is 0 Å². The van der Waals surface area contributed by atoms with Gasteiger partial charge < -0.3 is 10.2 Å². The molecule has 0 aliphatic carbocycles. The average molecular weight is 468 g/mol. The average Bonchev–Trinajstić information content (AvgIpc) is 3.17. The molecule has 0 bridgehead atoms. The van der Waals surface area contributed by atoms with Gasteiger partial charge in [-0.3, -0.25) is 9.36 Å². The largest absolute Gasteiger partial charge is 0.356 e. The molecule has 5 rings (SSSR count). The fraction of sp³-hybridized carbons (Fsp3) is 0.345. The van der Waals surface area contributed by atoms with Crippen LogP contribution in [0.15, 0.2) is 60.7 Å². The first-order valence-electron chi connectivity index (χ1n) is 12.7. The van der Waals surface area contributed by atoms with Crippen molar-refractivity contribution in [2.45, 2.75) is 46.0 Å². The molecule has 0 unspecified atom stereocenters. The van der Waals surface area contributed by atoms with E-state index in [4.69, 9.17) is 9.97 Å². The van der Waals surface area contributed by atoms with E-state index in [1.807, 2.05) is 36.4 Å². The summed E-state index contributed by atoms with van der Waals surface area (Å²) in [4.78, 5) is 25.2. The Morgan fingerprint density at radius 3 is 2.31 bits per heavy atom. The predicted octanol–water partition coefficient (Wildman–Crippen LogP) is 5.39. The quantitative estimate of drug-likeness (QED) is 0.370. The molecule has 4 aromatic rings. The topological polar surface area (TPSA) is 63.1 Å². The summed E-state index contributed by atoms with van der Waals surface area (Å²) in [5, 5.41) is 4.10. The minimum atomic E-state index is -0.214. The number of carbonyl (C=O) groups excluding carboxylic acids is 1. The van der Waals surface area contributed by atoms with Gasteiger partial charge in [0.1, 0.15) is 5.82 Å². The van der Waals surface area contributed by atoms with E-state index in [-0.39, 0.29) is 11.7 Å². The smallest absolute Gasteiger partial charge is 0.289 e. The lowest BCUT2D eigenvalue weighted by molar-refractivity contribution is 0.0943. The Morgan fingerprint density at radius 2 is 1.60 bits per heavy atom. The second kappa shape index (κ2) is 10.3. The van der Waals surface area contributed by atoms with E-state index in [0.717, 1.165) is 67.0 Å². The van der Waals surface area contributed by atoms with Crippen LogP contribution in [-0.4, -0.2) is 40.1 Å². The number of para-hydroxylation sites is 1. The molecule has 2 aromatic carbocycles. The number of hydrogen-bond donors (Lipinski definition) is 1. The Morgan fingerprint density at radius 1 is 0.914 bits per heavy atom. The number of nitrogens with zero attached hydrogens (tertiary/aromatic N) is 4. The third kappa shape index (κ3) is 4.78. The maximum absolute atomic E-state index is 13.2. The highest BCUT2D eigenvalue weighted by atomic mass is 16.2. The number of hydrogen-bond acceptors (Lipinski definition) is 4. The van der Waals surface area contributed by atoms with Gasteiger partial charge in [0.25, 0.3) is 5.91 Å². The Labute approximate surface area is 207 Å². The number of rotatable bonds is 7. The number of anilines is 1. The molecular formula is C29H33N5O. The monoisotopic (exact) mass is 467 g/mol. The van der Waals surface area contributed by atoms with Gasteiger partial charge in [0.05, 0.1) is 5.39 Å². The molecule has 180 valence electrons. The summed E-state index contributed by atoms with van der Waals surface area (Å²) in [5.74, 6) is 0.918. The third-order valence-corrected chi connectivity index (χ3v) is 6.98. The standard InChI is InChI=1S/C29H33N5O/c1-21-22(2)34(24-16-8-4-9-17-24)28-25(21)27(33-19-10-5-11-20-33)31-26(32-28)29(35)30-18-12-15-23-13-6-3-7-14-23/h3-4,6-9,13-14,16-17H,5,10-12,15,18-20H2,1-2H3,(H,30,35). The number of fused-ring (bicyclic) bond motifs is 1. The molecule has 3 heterocycles. The van der Waals surface area contributed by atoms with E-state index in [1.165, 1.54) is 17.5 Å². The summed E-state index contributed by atoms with van der Waals surface area (Å²) >= 11 is 0. The lowest BCUT2D eigenvalue weighted by Crippen LogP contribution is -2.32. The van der Waals surface area contributed by atoms with E-state index in [2.05, 4.69) is 52.9 Å². The first-order valence-corrected chi connectivity index (χ1v) is 12.7. The lowest BCUT2D eigenvalue weighted by Gasteiger charge is -2.28. The predicted molar refractivity (Wildman–Crippen MR) is 141 cm³/mol. The van der Waals surface area contributed by atoms with E-state index in [1.54, 1.807) is 0 Å². The van der Waals surface area contributed by atoms with Crippen molar-refractivity contribution < 1.29 is 4.79 Å². The van der Waals surface area contributed by atoms with Gasteiger partial charge >= 0.3 is 0 Å². The van der Waals surface area contributed by atoms with Crippen LogP contribution in [0.3, 0.4) is 0 Å². The van der Waals surface area contributed by atoms with Crippen molar-refractivity contribution in [3.63, 3.8) is 0 Å². The molecule has 0 atom stereocenters. The molecule has 1 saturated heterocycles. The van der Waals surface area contributed by atoms with Gasteiger partial charge in [0.15, 0.2) is 5.65 Å². The zero-order chi connectivity index (χ0) is 24.2. The number of aryl methyl sites for hydroxylation is 2. The fourth-order valence-electron chi connectivity index (χ4n) is 4.99. The highest BCUT2D eigenvalue weighted by Crippen LogP contribution is 2.34. The Kier molecular flexibility index (Phi) is 6.80. The second-order valence-corrected chi connectivity index (χ2v) is 9.34. The molecule has 0 radical (unpaired) electrons. The lowest BCUT2D eigenvalue weighted by atomic mass is 10.1. The van der Waals surface area contributed by atoms with Crippen LogP contribution < -0.4 is 10.2 Å². The maximum Gasteiger partial charge on any atom is 0.289 e. The first-order chi connectivity index (χ1) is 17.1. The van der Waals surface area contributed by atoms with Crippen molar-refractivity contribution in [2.75, 3.05) is 24.5 Å². The molecule has 35 heavy (non-hydrogen) atoms. The van der Waals surface area contributed by atoms with Gasteiger partial charge in [-0.1, -0.05) is 48.5 Å². The highest BCUT2D eigenvalue weighted by Gasteiger charge is 2.25. The van der Waals surface area contributed by atoms with E-state index in [0.29, 0.717) is 6.54 Å². The molecule has 1 amide bonds. The number of nitrogens with one attached hydrogen (secondary N) is 1. The summed E-state index contributed by atoms with van der Waals surface area (Å²) in [6.45, 7) is 6.76. The summed E-state index contributed by atoms with van der Waals surface area (Å²) in [6, 6.07) is 20.6. The van der Waals surface area contributed by atoms with Crippen LogP contribution in [-0.2, 0) is 6.42 Å². The number of piperidine rings is 1. The maximum atomic E-state index is 13.2. The summed E-state index contributed by atoms with van der Waals surface area (Å²) in [7, 11) is 0. The zero-order valence-electron chi connectivity index (χ0n) is 20.6. The summed E-state index contributed by atoms with van der Waals surface area (Å²) < 4.78 is 2.16. The third-order valence-electron chi connectivity index (χ3n) is 6.98.